The highest BCUT2D eigenvalue weighted by molar-refractivity contribution is 6.04. The van der Waals surface area contributed by atoms with Crippen LogP contribution in [-0.4, -0.2) is 42.8 Å². The van der Waals surface area contributed by atoms with Crippen LogP contribution in [0.4, 0.5) is 0 Å². The van der Waals surface area contributed by atoms with E-state index < -0.39 is 0 Å². The summed E-state index contributed by atoms with van der Waals surface area (Å²) >= 11 is 0. The van der Waals surface area contributed by atoms with Gasteiger partial charge in [-0.3, -0.25) is 14.7 Å². The van der Waals surface area contributed by atoms with E-state index in [2.05, 4.69) is 15.2 Å². The molecule has 14 heavy (non-hydrogen) atoms. The van der Waals surface area contributed by atoms with E-state index in [1.54, 1.807) is 0 Å². The molecule has 0 bridgehead atoms. The SMILES string of the molecule is O=C1CN=C(CN2CCCCCC2)N1. The molecule has 0 spiro atoms. The van der Waals surface area contributed by atoms with Crippen molar-refractivity contribution in [1.82, 2.24) is 10.2 Å². The fraction of sp³-hybridized carbons (Fsp3) is 0.800. The van der Waals surface area contributed by atoms with E-state index in [0.29, 0.717) is 6.54 Å². The Hall–Kier alpha value is -0.900. The summed E-state index contributed by atoms with van der Waals surface area (Å²) in [4.78, 5) is 17.5. The summed E-state index contributed by atoms with van der Waals surface area (Å²) in [6.45, 7) is 3.44. The van der Waals surface area contributed by atoms with E-state index in [9.17, 15) is 4.79 Å². The average Bonchev–Trinajstić information content (AvgIpc) is 2.43. The van der Waals surface area contributed by atoms with Gasteiger partial charge in [-0.1, -0.05) is 12.8 Å². The molecule has 1 fully saturated rings. The quantitative estimate of drug-likeness (QED) is 0.692. The summed E-state index contributed by atoms with van der Waals surface area (Å²) in [7, 11) is 0. The van der Waals surface area contributed by atoms with Gasteiger partial charge >= 0.3 is 0 Å². The second kappa shape index (κ2) is 4.55. The minimum Gasteiger partial charge on any atom is -0.312 e. The number of carbonyl (C=O) groups excluding carboxylic acids is 1. The average molecular weight is 195 g/mol. The lowest BCUT2D eigenvalue weighted by Crippen LogP contribution is -2.37. The molecular formula is C10H17N3O. The number of nitrogens with zero attached hydrogens (tertiary/aromatic N) is 2. The summed E-state index contributed by atoms with van der Waals surface area (Å²) in [6.07, 6.45) is 5.24. The van der Waals surface area contributed by atoms with Gasteiger partial charge in [0.1, 0.15) is 12.4 Å². The van der Waals surface area contributed by atoms with Crippen molar-refractivity contribution >= 4 is 11.7 Å². The molecule has 0 aromatic carbocycles. The Morgan fingerprint density at radius 3 is 2.50 bits per heavy atom. The Balaban J connectivity index is 1.81. The predicted octanol–water partition coefficient (Wildman–Crippen LogP) is 0.391. The van der Waals surface area contributed by atoms with Crippen LogP contribution in [0.15, 0.2) is 4.99 Å². The van der Waals surface area contributed by atoms with Crippen molar-refractivity contribution in [3.63, 3.8) is 0 Å². The molecule has 0 unspecified atom stereocenters. The third-order valence-electron chi connectivity index (χ3n) is 2.77. The minimum atomic E-state index is 0.0369. The first-order chi connectivity index (χ1) is 6.84. The Morgan fingerprint density at radius 2 is 1.93 bits per heavy atom. The zero-order chi connectivity index (χ0) is 9.80. The molecule has 4 nitrogen and oxygen atoms in total. The number of hydrogen-bond acceptors (Lipinski definition) is 3. The van der Waals surface area contributed by atoms with Gasteiger partial charge in [0.2, 0.25) is 5.91 Å². The first-order valence-corrected chi connectivity index (χ1v) is 5.40. The van der Waals surface area contributed by atoms with Crippen LogP contribution in [-0.2, 0) is 4.79 Å². The van der Waals surface area contributed by atoms with Crippen molar-refractivity contribution in [2.75, 3.05) is 26.2 Å². The van der Waals surface area contributed by atoms with E-state index in [1.165, 1.54) is 25.7 Å². The standard InChI is InChI=1S/C10H17N3O/c14-10-7-11-9(12-10)8-13-5-3-1-2-4-6-13/h1-8H2,(H,11,12,14). The Labute approximate surface area is 84.4 Å². The molecule has 2 aliphatic heterocycles. The molecule has 78 valence electrons. The molecule has 0 atom stereocenters. The van der Waals surface area contributed by atoms with Gasteiger partial charge in [0.15, 0.2) is 0 Å². The van der Waals surface area contributed by atoms with Crippen LogP contribution >= 0.6 is 0 Å². The number of carbonyl (C=O) groups is 1. The van der Waals surface area contributed by atoms with Crippen molar-refractivity contribution in [1.29, 1.82) is 0 Å². The molecule has 0 aliphatic carbocycles. The molecular weight excluding hydrogens is 178 g/mol. The number of likely N-dealkylation sites (tertiary alicyclic amines) is 1. The summed E-state index contributed by atoms with van der Waals surface area (Å²) in [5.74, 6) is 0.895. The molecule has 1 N–H and O–H groups in total. The highest BCUT2D eigenvalue weighted by atomic mass is 16.2. The maximum atomic E-state index is 10.9. The summed E-state index contributed by atoms with van der Waals surface area (Å²) in [5.41, 5.74) is 0. The zero-order valence-electron chi connectivity index (χ0n) is 8.46. The van der Waals surface area contributed by atoms with Gasteiger partial charge in [0, 0.05) is 0 Å². The second-order valence-corrected chi connectivity index (χ2v) is 4.00. The van der Waals surface area contributed by atoms with Crippen molar-refractivity contribution < 1.29 is 4.79 Å². The molecule has 1 amide bonds. The van der Waals surface area contributed by atoms with Gasteiger partial charge < -0.3 is 5.32 Å². The molecule has 0 aromatic rings. The maximum Gasteiger partial charge on any atom is 0.247 e. The lowest BCUT2D eigenvalue weighted by Gasteiger charge is -2.19. The minimum absolute atomic E-state index is 0.0369. The Bertz CT molecular complexity index is 242. The van der Waals surface area contributed by atoms with E-state index in [4.69, 9.17) is 0 Å². The smallest absolute Gasteiger partial charge is 0.247 e. The number of amidine groups is 1. The molecule has 4 heteroatoms. The maximum absolute atomic E-state index is 10.9. The van der Waals surface area contributed by atoms with Crippen LogP contribution in [0.5, 0.6) is 0 Å². The third kappa shape index (κ3) is 2.54. The van der Waals surface area contributed by atoms with Gasteiger partial charge in [0.05, 0.1) is 6.54 Å². The normalized spacial score (nSPS) is 24.3. The van der Waals surface area contributed by atoms with Crippen LogP contribution in [0.2, 0.25) is 0 Å². The van der Waals surface area contributed by atoms with E-state index >= 15 is 0 Å². The van der Waals surface area contributed by atoms with Crippen molar-refractivity contribution in [3.05, 3.63) is 0 Å². The molecule has 0 aromatic heterocycles. The summed E-state index contributed by atoms with van der Waals surface area (Å²) in [6, 6.07) is 0. The van der Waals surface area contributed by atoms with Crippen LogP contribution < -0.4 is 5.32 Å². The molecule has 1 saturated heterocycles. The lowest BCUT2D eigenvalue weighted by atomic mass is 10.2. The summed E-state index contributed by atoms with van der Waals surface area (Å²) < 4.78 is 0. The summed E-state index contributed by atoms with van der Waals surface area (Å²) in [5, 5.41) is 2.79. The fourth-order valence-electron chi connectivity index (χ4n) is 2.00. The lowest BCUT2D eigenvalue weighted by molar-refractivity contribution is -0.117. The Kier molecular flexibility index (Phi) is 3.14. The third-order valence-corrected chi connectivity index (χ3v) is 2.77. The van der Waals surface area contributed by atoms with E-state index in [0.717, 1.165) is 25.5 Å². The zero-order valence-corrected chi connectivity index (χ0v) is 8.46. The first kappa shape index (κ1) is 9.65. The van der Waals surface area contributed by atoms with Gasteiger partial charge in [-0.2, -0.15) is 0 Å². The number of aliphatic imine (C=N–C) groups is 1. The highest BCUT2D eigenvalue weighted by Gasteiger charge is 2.17. The molecule has 0 saturated carbocycles. The van der Waals surface area contributed by atoms with Crippen molar-refractivity contribution in [2.45, 2.75) is 25.7 Å². The molecule has 2 rings (SSSR count). The largest absolute Gasteiger partial charge is 0.312 e. The molecule has 0 radical (unpaired) electrons. The van der Waals surface area contributed by atoms with Crippen LogP contribution in [0.3, 0.4) is 0 Å². The van der Waals surface area contributed by atoms with Crippen molar-refractivity contribution in [3.8, 4) is 0 Å². The fourth-order valence-corrected chi connectivity index (χ4v) is 2.00. The molecule has 2 aliphatic rings. The van der Waals surface area contributed by atoms with Gasteiger partial charge in [0.25, 0.3) is 0 Å². The highest BCUT2D eigenvalue weighted by Crippen LogP contribution is 2.09. The second-order valence-electron chi connectivity index (χ2n) is 4.00. The van der Waals surface area contributed by atoms with Crippen LogP contribution in [0, 0.1) is 0 Å². The van der Waals surface area contributed by atoms with E-state index in [1.807, 2.05) is 0 Å². The van der Waals surface area contributed by atoms with Gasteiger partial charge in [-0.15, -0.1) is 0 Å². The van der Waals surface area contributed by atoms with Crippen LogP contribution in [0.25, 0.3) is 0 Å². The number of rotatable bonds is 2. The number of nitrogens with one attached hydrogen (secondary N) is 1. The monoisotopic (exact) mass is 195 g/mol. The first-order valence-electron chi connectivity index (χ1n) is 5.40. The van der Waals surface area contributed by atoms with E-state index in [-0.39, 0.29) is 5.91 Å². The predicted molar refractivity (Wildman–Crippen MR) is 55.4 cm³/mol. The van der Waals surface area contributed by atoms with Crippen molar-refractivity contribution in [2.24, 2.45) is 4.99 Å². The van der Waals surface area contributed by atoms with Gasteiger partial charge in [-0.05, 0) is 25.9 Å². The van der Waals surface area contributed by atoms with Crippen LogP contribution in [0.1, 0.15) is 25.7 Å². The topological polar surface area (TPSA) is 44.7 Å². The number of amides is 1. The molecule has 2 heterocycles. The number of hydrogen-bond donors (Lipinski definition) is 1. The Morgan fingerprint density at radius 1 is 1.21 bits per heavy atom. The van der Waals surface area contributed by atoms with Gasteiger partial charge in [-0.25, -0.2) is 0 Å².